The van der Waals surface area contributed by atoms with Crippen molar-refractivity contribution < 1.29 is 28.9 Å². The van der Waals surface area contributed by atoms with E-state index in [1.54, 1.807) is 42.3 Å². The average Bonchev–Trinajstić information content (AvgIpc) is 3.25. The van der Waals surface area contributed by atoms with Gasteiger partial charge in [-0.15, -0.1) is 0 Å². The minimum Gasteiger partial charge on any atom is -0.507 e. The lowest BCUT2D eigenvalue weighted by molar-refractivity contribution is -0.140. The zero-order valence-corrected chi connectivity index (χ0v) is 25.3. The number of likely N-dealkylation sites (tertiary alicyclic amines) is 1. The number of ether oxygens (including phenoxy) is 3. The second-order valence-electron chi connectivity index (χ2n) is 10.2. The first-order valence-corrected chi connectivity index (χ1v) is 14.9. The van der Waals surface area contributed by atoms with Crippen molar-refractivity contribution in [1.29, 1.82) is 0 Å². The summed E-state index contributed by atoms with van der Waals surface area (Å²) in [4.78, 5) is 30.6. The number of carbonyl (C=O) groups excluding carboxylic acids is 2. The normalized spacial score (nSPS) is 16.4. The quantitative estimate of drug-likeness (QED) is 0.105. The van der Waals surface area contributed by atoms with Crippen LogP contribution < -0.4 is 14.2 Å². The zero-order chi connectivity index (χ0) is 29.8. The first-order chi connectivity index (χ1) is 19.9. The summed E-state index contributed by atoms with van der Waals surface area (Å²) in [6, 6.07) is 11.6. The van der Waals surface area contributed by atoms with E-state index in [4.69, 9.17) is 14.2 Å². The highest BCUT2D eigenvalue weighted by molar-refractivity contribution is 6.46. The molecule has 0 bridgehead atoms. The summed E-state index contributed by atoms with van der Waals surface area (Å²) >= 11 is 0. The van der Waals surface area contributed by atoms with E-state index in [0.29, 0.717) is 54.7 Å². The fraction of sp³-hybridized carbons (Fsp3) is 0.515. The van der Waals surface area contributed by atoms with Crippen molar-refractivity contribution in [3.63, 3.8) is 0 Å². The van der Waals surface area contributed by atoms with E-state index < -0.39 is 17.7 Å². The fourth-order valence-electron chi connectivity index (χ4n) is 4.95. The largest absolute Gasteiger partial charge is 0.507 e. The second kappa shape index (κ2) is 16.1. The van der Waals surface area contributed by atoms with E-state index in [2.05, 4.69) is 32.6 Å². The molecule has 1 saturated heterocycles. The van der Waals surface area contributed by atoms with Crippen molar-refractivity contribution in [3.8, 4) is 17.2 Å². The molecular weight excluding hydrogens is 520 g/mol. The molecule has 0 aromatic heterocycles. The van der Waals surface area contributed by atoms with Gasteiger partial charge in [-0.3, -0.25) is 9.59 Å². The molecule has 1 N–H and O–H groups in total. The van der Waals surface area contributed by atoms with Crippen LogP contribution in [-0.2, 0) is 9.59 Å². The lowest BCUT2D eigenvalue weighted by Crippen LogP contribution is -2.38. The Morgan fingerprint density at radius 3 is 2.20 bits per heavy atom. The number of ketones is 1. The number of hydrogen-bond acceptors (Lipinski definition) is 7. The summed E-state index contributed by atoms with van der Waals surface area (Å²) in [7, 11) is 1.57. The predicted molar refractivity (Wildman–Crippen MR) is 162 cm³/mol. The molecule has 1 fully saturated rings. The number of aliphatic hydroxyl groups is 1. The number of amides is 1. The summed E-state index contributed by atoms with van der Waals surface area (Å²) in [6.45, 7) is 12.2. The number of methoxy groups -OCH3 is 1. The van der Waals surface area contributed by atoms with Crippen molar-refractivity contribution in [2.45, 2.75) is 65.8 Å². The lowest BCUT2D eigenvalue weighted by Gasteiger charge is -2.28. The highest BCUT2D eigenvalue weighted by Gasteiger charge is 2.46. The molecule has 1 aliphatic rings. The van der Waals surface area contributed by atoms with Gasteiger partial charge in [-0.25, -0.2) is 0 Å². The Morgan fingerprint density at radius 2 is 1.56 bits per heavy atom. The predicted octanol–water partition coefficient (Wildman–Crippen LogP) is 6.21. The Kier molecular flexibility index (Phi) is 12.5. The Hall–Kier alpha value is -3.52. The maximum atomic E-state index is 13.5. The van der Waals surface area contributed by atoms with Crippen molar-refractivity contribution in [3.05, 3.63) is 59.2 Å². The van der Waals surface area contributed by atoms with Crippen molar-refractivity contribution >= 4 is 17.4 Å². The molecule has 2 aromatic carbocycles. The minimum atomic E-state index is -0.769. The van der Waals surface area contributed by atoms with Crippen LogP contribution in [0.4, 0.5) is 0 Å². The number of rotatable bonds is 17. The van der Waals surface area contributed by atoms with Crippen LogP contribution in [0.3, 0.4) is 0 Å². The van der Waals surface area contributed by atoms with Crippen LogP contribution in [0.25, 0.3) is 5.76 Å². The summed E-state index contributed by atoms with van der Waals surface area (Å²) in [5.41, 5.74) is 1.18. The van der Waals surface area contributed by atoms with Gasteiger partial charge in [-0.05, 0) is 67.9 Å². The summed E-state index contributed by atoms with van der Waals surface area (Å²) in [5, 5.41) is 11.5. The fourth-order valence-corrected chi connectivity index (χ4v) is 4.95. The molecule has 1 atom stereocenters. The molecule has 2 aromatic rings. The molecule has 1 aliphatic heterocycles. The molecule has 224 valence electrons. The second-order valence-corrected chi connectivity index (χ2v) is 10.2. The van der Waals surface area contributed by atoms with Crippen LogP contribution >= 0.6 is 0 Å². The van der Waals surface area contributed by atoms with Gasteiger partial charge in [0, 0.05) is 18.7 Å². The van der Waals surface area contributed by atoms with Crippen molar-refractivity contribution in [2.75, 3.05) is 46.5 Å². The third-order valence-corrected chi connectivity index (χ3v) is 7.49. The van der Waals surface area contributed by atoms with Gasteiger partial charge in [0.15, 0.2) is 11.5 Å². The Bertz CT molecular complexity index is 1170. The molecule has 0 aliphatic carbocycles. The van der Waals surface area contributed by atoms with E-state index in [1.165, 1.54) is 0 Å². The third-order valence-electron chi connectivity index (χ3n) is 7.49. The molecule has 8 heteroatoms. The van der Waals surface area contributed by atoms with Gasteiger partial charge in [0.2, 0.25) is 0 Å². The maximum Gasteiger partial charge on any atom is 0.295 e. The molecule has 0 saturated carbocycles. The number of hydrogen-bond donors (Lipinski definition) is 1. The lowest BCUT2D eigenvalue weighted by atomic mass is 9.95. The smallest absolute Gasteiger partial charge is 0.295 e. The van der Waals surface area contributed by atoms with Gasteiger partial charge in [-0.2, -0.15) is 0 Å². The van der Waals surface area contributed by atoms with Gasteiger partial charge < -0.3 is 29.1 Å². The molecule has 8 nitrogen and oxygen atoms in total. The molecule has 1 heterocycles. The minimum absolute atomic E-state index is 0.0628. The van der Waals surface area contributed by atoms with Crippen LogP contribution in [0.2, 0.25) is 0 Å². The average molecular weight is 567 g/mol. The van der Waals surface area contributed by atoms with E-state index in [0.717, 1.165) is 45.2 Å². The first-order valence-electron chi connectivity index (χ1n) is 14.9. The monoisotopic (exact) mass is 566 g/mol. The first kappa shape index (κ1) is 32.0. The molecule has 0 spiro atoms. The Morgan fingerprint density at radius 1 is 0.878 bits per heavy atom. The maximum absolute atomic E-state index is 13.5. The van der Waals surface area contributed by atoms with Crippen LogP contribution in [0, 0.1) is 0 Å². The Labute approximate surface area is 244 Å². The number of Topliss-reactive ketones (excluding diaryl/α,β-unsaturated/α-hetero) is 1. The topological polar surface area (TPSA) is 88.5 Å². The number of benzene rings is 2. The summed E-state index contributed by atoms with van der Waals surface area (Å²) < 4.78 is 17.4. The van der Waals surface area contributed by atoms with Crippen LogP contribution in [0.15, 0.2) is 48.0 Å². The van der Waals surface area contributed by atoms with Crippen LogP contribution in [0.5, 0.6) is 17.2 Å². The number of unbranched alkanes of at least 4 members (excludes halogenated alkanes) is 3. The highest BCUT2D eigenvalue weighted by Crippen LogP contribution is 2.42. The van der Waals surface area contributed by atoms with E-state index in [9.17, 15) is 14.7 Å². The van der Waals surface area contributed by atoms with Crippen molar-refractivity contribution in [1.82, 2.24) is 9.80 Å². The Balaban J connectivity index is 2.02. The SMILES string of the molecule is CCCCCOc1ccc(C2C(=C(O)c3ccc(OCCCC)cc3)C(=O)C(=O)N2CCN(CC)CC)cc1OC. The van der Waals surface area contributed by atoms with E-state index >= 15 is 0 Å². The van der Waals surface area contributed by atoms with E-state index in [-0.39, 0.29) is 11.3 Å². The van der Waals surface area contributed by atoms with Crippen LogP contribution in [0.1, 0.15) is 77.0 Å². The highest BCUT2D eigenvalue weighted by atomic mass is 16.5. The summed E-state index contributed by atoms with van der Waals surface area (Å²) in [5.74, 6) is 0.271. The van der Waals surface area contributed by atoms with E-state index in [1.807, 2.05) is 12.1 Å². The summed E-state index contributed by atoms with van der Waals surface area (Å²) in [6.07, 6.45) is 5.09. The number of aliphatic hydroxyl groups excluding tert-OH is 1. The third kappa shape index (κ3) is 8.03. The molecular formula is C33H46N2O6. The zero-order valence-electron chi connectivity index (χ0n) is 25.3. The molecule has 41 heavy (non-hydrogen) atoms. The molecule has 1 amide bonds. The van der Waals surface area contributed by atoms with Gasteiger partial charge in [0.1, 0.15) is 11.5 Å². The van der Waals surface area contributed by atoms with Gasteiger partial charge in [-0.1, -0.05) is 53.0 Å². The number of carbonyl (C=O) groups is 2. The number of likely N-dealkylation sites (N-methyl/N-ethyl adjacent to an activating group) is 1. The van der Waals surface area contributed by atoms with Gasteiger partial charge >= 0.3 is 0 Å². The van der Waals surface area contributed by atoms with Crippen molar-refractivity contribution in [2.24, 2.45) is 0 Å². The molecule has 3 rings (SSSR count). The van der Waals surface area contributed by atoms with Gasteiger partial charge in [0.05, 0.1) is 31.9 Å². The molecule has 0 radical (unpaired) electrons. The standard InChI is InChI=1S/C33H46N2O6/c1-6-10-12-22-41-27-18-15-25(23-28(27)39-5)30-29(32(37)33(38)35(30)20-19-34(8-3)9-4)31(36)24-13-16-26(17-14-24)40-21-11-7-2/h13-18,23,30,36H,6-12,19-22H2,1-5H3. The molecule has 1 unspecified atom stereocenters. The van der Waals surface area contributed by atoms with Gasteiger partial charge in [0.25, 0.3) is 11.7 Å². The van der Waals surface area contributed by atoms with Crippen LogP contribution in [-0.4, -0.2) is 73.1 Å². The number of nitrogens with zero attached hydrogens (tertiary/aromatic N) is 2.